The van der Waals surface area contributed by atoms with Gasteiger partial charge in [0.25, 0.3) is 0 Å². The number of nitrogens with two attached hydrogens (primary N) is 1. The van der Waals surface area contributed by atoms with Gasteiger partial charge in [-0.05, 0) is 0 Å². The third-order valence-corrected chi connectivity index (χ3v) is 3.22. The highest BCUT2D eigenvalue weighted by Gasteiger charge is 2.08. The van der Waals surface area contributed by atoms with Gasteiger partial charge < -0.3 is 10.5 Å². The third kappa shape index (κ3) is 4.60. The highest BCUT2D eigenvalue weighted by molar-refractivity contribution is 7.89. The number of methoxy groups -OCH3 is 1. The fourth-order valence-corrected chi connectivity index (χ4v) is 2.02. The molecule has 0 fully saturated rings. The Kier molecular flexibility index (Phi) is 4.71. The van der Waals surface area contributed by atoms with E-state index < -0.39 is 10.0 Å². The second-order valence-electron chi connectivity index (χ2n) is 3.24. The Morgan fingerprint density at radius 2 is 2.38 bits per heavy atom. The number of anilines is 1. The summed E-state index contributed by atoms with van der Waals surface area (Å²) in [7, 11) is -1.79. The molecule has 8 heteroatoms. The SMILES string of the molecule is COCCS(=O)(=O)NCCn1cc(N)cn1. The van der Waals surface area contributed by atoms with Gasteiger partial charge >= 0.3 is 0 Å². The molecule has 7 nitrogen and oxygen atoms in total. The van der Waals surface area contributed by atoms with Crippen LogP contribution >= 0.6 is 0 Å². The van der Waals surface area contributed by atoms with Crippen LogP contribution in [-0.4, -0.2) is 44.2 Å². The smallest absolute Gasteiger partial charge is 0.213 e. The number of sulfonamides is 1. The minimum Gasteiger partial charge on any atom is -0.396 e. The summed E-state index contributed by atoms with van der Waals surface area (Å²) in [5, 5.41) is 3.93. The standard InChI is InChI=1S/C8H16N4O3S/c1-15-4-5-16(13,14)11-2-3-12-7-8(9)6-10-12/h6-7,11H,2-5,9H2,1H3. The number of ether oxygens (including phenoxy) is 1. The minimum absolute atomic E-state index is 0.0370. The summed E-state index contributed by atoms with van der Waals surface area (Å²) < 4.78 is 31.4. The number of hydrogen-bond donors (Lipinski definition) is 2. The topological polar surface area (TPSA) is 99.2 Å². The van der Waals surface area contributed by atoms with Gasteiger partial charge in [-0.2, -0.15) is 5.10 Å². The first-order valence-corrected chi connectivity index (χ1v) is 6.43. The van der Waals surface area contributed by atoms with Crippen LogP contribution < -0.4 is 10.5 Å². The molecule has 1 aromatic rings. The first-order chi connectivity index (χ1) is 7.53. The normalized spacial score (nSPS) is 11.8. The quantitative estimate of drug-likeness (QED) is 0.647. The molecule has 0 aromatic carbocycles. The molecule has 16 heavy (non-hydrogen) atoms. The first kappa shape index (κ1) is 12.9. The van der Waals surface area contributed by atoms with Gasteiger partial charge in [-0.25, -0.2) is 13.1 Å². The maximum atomic E-state index is 11.3. The van der Waals surface area contributed by atoms with E-state index in [1.807, 2.05) is 0 Å². The van der Waals surface area contributed by atoms with Gasteiger partial charge in [0.15, 0.2) is 0 Å². The predicted octanol–water partition coefficient (Wildman–Crippen LogP) is -0.969. The maximum absolute atomic E-state index is 11.3. The van der Waals surface area contributed by atoms with Crippen LogP contribution in [0.25, 0.3) is 0 Å². The van der Waals surface area contributed by atoms with E-state index in [-0.39, 0.29) is 18.9 Å². The van der Waals surface area contributed by atoms with Crippen LogP contribution in [0, 0.1) is 0 Å². The lowest BCUT2D eigenvalue weighted by Gasteiger charge is -2.05. The van der Waals surface area contributed by atoms with Crippen molar-refractivity contribution < 1.29 is 13.2 Å². The molecule has 1 aromatic heterocycles. The summed E-state index contributed by atoms with van der Waals surface area (Å²) in [5.74, 6) is -0.0370. The Hall–Kier alpha value is -1.12. The molecule has 92 valence electrons. The second-order valence-corrected chi connectivity index (χ2v) is 5.17. The van der Waals surface area contributed by atoms with Crippen LogP contribution in [0.15, 0.2) is 12.4 Å². The number of aromatic nitrogens is 2. The Morgan fingerprint density at radius 3 is 2.94 bits per heavy atom. The lowest BCUT2D eigenvalue weighted by atomic mass is 10.6. The van der Waals surface area contributed by atoms with Crippen molar-refractivity contribution in [3.63, 3.8) is 0 Å². The van der Waals surface area contributed by atoms with Crippen molar-refractivity contribution >= 4 is 15.7 Å². The van der Waals surface area contributed by atoms with Gasteiger partial charge in [0.05, 0.1) is 30.8 Å². The molecule has 0 aliphatic rings. The first-order valence-electron chi connectivity index (χ1n) is 4.78. The van der Waals surface area contributed by atoms with Crippen LogP contribution in [0.5, 0.6) is 0 Å². The van der Waals surface area contributed by atoms with Crippen LogP contribution in [0.2, 0.25) is 0 Å². The summed E-state index contributed by atoms with van der Waals surface area (Å²) in [6.45, 7) is 0.917. The van der Waals surface area contributed by atoms with E-state index in [9.17, 15) is 8.42 Å². The zero-order valence-corrected chi connectivity index (χ0v) is 9.90. The van der Waals surface area contributed by atoms with Gasteiger partial charge in [0, 0.05) is 19.9 Å². The van der Waals surface area contributed by atoms with Crippen molar-refractivity contribution in [1.29, 1.82) is 0 Å². The van der Waals surface area contributed by atoms with Gasteiger partial charge in [0.2, 0.25) is 10.0 Å². The third-order valence-electron chi connectivity index (χ3n) is 1.87. The van der Waals surface area contributed by atoms with Crippen LogP contribution in [0.1, 0.15) is 0 Å². The van der Waals surface area contributed by atoms with Crippen molar-refractivity contribution in [2.45, 2.75) is 6.54 Å². The van der Waals surface area contributed by atoms with Gasteiger partial charge in [-0.15, -0.1) is 0 Å². The summed E-state index contributed by atoms with van der Waals surface area (Å²) in [6.07, 6.45) is 3.16. The molecule has 3 N–H and O–H groups in total. The summed E-state index contributed by atoms with van der Waals surface area (Å²) >= 11 is 0. The largest absolute Gasteiger partial charge is 0.396 e. The van der Waals surface area contributed by atoms with Crippen LogP contribution in [-0.2, 0) is 21.3 Å². The molecule has 0 bridgehead atoms. The molecule has 0 unspecified atom stereocenters. The van der Waals surface area contributed by atoms with E-state index in [4.69, 9.17) is 10.5 Å². The van der Waals surface area contributed by atoms with E-state index in [0.717, 1.165) is 0 Å². The average Bonchev–Trinajstić information content (AvgIpc) is 2.61. The average molecular weight is 248 g/mol. The van der Waals surface area contributed by atoms with Crippen molar-refractivity contribution in [1.82, 2.24) is 14.5 Å². The molecular formula is C8H16N4O3S. The number of nitrogens with zero attached hydrogens (tertiary/aromatic N) is 2. The monoisotopic (exact) mass is 248 g/mol. The van der Waals surface area contributed by atoms with E-state index in [1.165, 1.54) is 13.3 Å². The molecular weight excluding hydrogens is 232 g/mol. The maximum Gasteiger partial charge on any atom is 0.213 e. The van der Waals surface area contributed by atoms with Crippen molar-refractivity contribution in [2.75, 3.05) is 31.7 Å². The number of nitrogen functional groups attached to an aromatic ring is 1. The summed E-state index contributed by atoms with van der Waals surface area (Å²) in [6, 6.07) is 0. The van der Waals surface area contributed by atoms with Crippen LogP contribution in [0.4, 0.5) is 5.69 Å². The van der Waals surface area contributed by atoms with Gasteiger partial charge in [-0.3, -0.25) is 4.68 Å². The molecule has 0 atom stereocenters. The lowest BCUT2D eigenvalue weighted by molar-refractivity contribution is 0.217. The Labute approximate surface area is 94.6 Å². The Bertz CT molecular complexity index is 415. The molecule has 1 rings (SSSR count). The fourth-order valence-electron chi connectivity index (χ4n) is 1.08. The number of nitrogens with one attached hydrogen (secondary N) is 1. The lowest BCUT2D eigenvalue weighted by Crippen LogP contribution is -2.31. The highest BCUT2D eigenvalue weighted by Crippen LogP contribution is 1.96. The molecule has 1 heterocycles. The van der Waals surface area contributed by atoms with Crippen molar-refractivity contribution in [3.8, 4) is 0 Å². The summed E-state index contributed by atoms with van der Waals surface area (Å²) in [5.41, 5.74) is 6.02. The molecule has 0 radical (unpaired) electrons. The molecule has 0 aliphatic heterocycles. The van der Waals surface area contributed by atoms with E-state index >= 15 is 0 Å². The second kappa shape index (κ2) is 5.83. The van der Waals surface area contributed by atoms with E-state index in [1.54, 1.807) is 10.9 Å². The molecule has 0 aliphatic carbocycles. The zero-order chi connectivity index (χ0) is 12.0. The highest BCUT2D eigenvalue weighted by atomic mass is 32.2. The number of hydrogen-bond acceptors (Lipinski definition) is 5. The van der Waals surface area contributed by atoms with E-state index in [2.05, 4.69) is 9.82 Å². The molecule has 0 amide bonds. The Balaban J connectivity index is 2.29. The molecule has 0 saturated carbocycles. The Morgan fingerprint density at radius 1 is 1.62 bits per heavy atom. The molecule has 0 saturated heterocycles. The fraction of sp³-hybridized carbons (Fsp3) is 0.625. The number of rotatable bonds is 7. The predicted molar refractivity (Wildman–Crippen MR) is 60.3 cm³/mol. The van der Waals surface area contributed by atoms with Crippen molar-refractivity contribution in [3.05, 3.63) is 12.4 Å². The summed E-state index contributed by atoms with van der Waals surface area (Å²) in [4.78, 5) is 0. The van der Waals surface area contributed by atoms with Gasteiger partial charge in [0.1, 0.15) is 0 Å². The molecule has 0 spiro atoms. The van der Waals surface area contributed by atoms with E-state index in [0.29, 0.717) is 12.2 Å². The minimum atomic E-state index is -3.25. The van der Waals surface area contributed by atoms with Gasteiger partial charge in [-0.1, -0.05) is 0 Å². The zero-order valence-electron chi connectivity index (χ0n) is 9.09. The van der Waals surface area contributed by atoms with Crippen molar-refractivity contribution in [2.24, 2.45) is 0 Å². The van der Waals surface area contributed by atoms with Crippen LogP contribution in [0.3, 0.4) is 0 Å².